The van der Waals surface area contributed by atoms with Gasteiger partial charge in [0.15, 0.2) is 11.5 Å². The second-order valence-corrected chi connectivity index (χ2v) is 7.10. The van der Waals surface area contributed by atoms with E-state index in [0.717, 1.165) is 31.4 Å². The van der Waals surface area contributed by atoms with E-state index in [4.69, 9.17) is 9.26 Å². The van der Waals surface area contributed by atoms with Gasteiger partial charge in [-0.05, 0) is 25.7 Å². The molecule has 1 saturated heterocycles. The lowest BCUT2D eigenvalue weighted by molar-refractivity contribution is 0.0519. The van der Waals surface area contributed by atoms with Gasteiger partial charge < -0.3 is 19.1 Å². The molecule has 2 aromatic rings. The van der Waals surface area contributed by atoms with Crippen LogP contribution in [0.15, 0.2) is 23.0 Å². The van der Waals surface area contributed by atoms with E-state index < -0.39 is 0 Å². The van der Waals surface area contributed by atoms with Crippen molar-refractivity contribution in [3.05, 3.63) is 29.9 Å². The maximum Gasteiger partial charge on any atom is 0.276 e. The average Bonchev–Trinajstić information content (AvgIpc) is 3.38. The van der Waals surface area contributed by atoms with Crippen LogP contribution < -0.4 is 9.64 Å². The summed E-state index contributed by atoms with van der Waals surface area (Å²) in [5.74, 6) is 2.35. The highest BCUT2D eigenvalue weighted by Crippen LogP contribution is 2.40. The Morgan fingerprint density at radius 3 is 2.85 bits per heavy atom. The van der Waals surface area contributed by atoms with Crippen LogP contribution in [0.5, 0.6) is 5.88 Å². The van der Waals surface area contributed by atoms with Crippen LogP contribution in [0.4, 0.5) is 5.82 Å². The topological polar surface area (TPSA) is 84.6 Å². The lowest BCUT2D eigenvalue weighted by Crippen LogP contribution is -2.44. The van der Waals surface area contributed by atoms with Gasteiger partial charge in [0.2, 0.25) is 0 Å². The highest BCUT2D eigenvalue weighted by Gasteiger charge is 2.32. The molecule has 1 atom stereocenters. The number of rotatable bonds is 5. The van der Waals surface area contributed by atoms with E-state index in [0.29, 0.717) is 36.4 Å². The molecular weight excluding hydrogens is 334 g/mol. The van der Waals surface area contributed by atoms with E-state index in [1.54, 1.807) is 23.4 Å². The lowest BCUT2D eigenvalue weighted by atomic mass is 10.1. The van der Waals surface area contributed by atoms with Crippen LogP contribution in [0, 0.1) is 0 Å². The summed E-state index contributed by atoms with van der Waals surface area (Å²) >= 11 is 0. The quantitative estimate of drug-likeness (QED) is 0.810. The zero-order chi connectivity index (χ0) is 18.1. The van der Waals surface area contributed by atoms with Gasteiger partial charge in [0.1, 0.15) is 11.9 Å². The van der Waals surface area contributed by atoms with Gasteiger partial charge in [0.05, 0.1) is 6.54 Å². The predicted octanol–water partition coefficient (Wildman–Crippen LogP) is 2.09. The minimum Gasteiger partial charge on any atom is -0.470 e. The first kappa shape index (κ1) is 16.8. The van der Waals surface area contributed by atoms with Gasteiger partial charge in [-0.15, -0.1) is 0 Å². The summed E-state index contributed by atoms with van der Waals surface area (Å²) in [5, 5.41) is 3.96. The molecule has 2 aliphatic rings. The molecule has 0 spiro atoms. The van der Waals surface area contributed by atoms with Crippen molar-refractivity contribution in [3.8, 4) is 5.88 Å². The number of hydrogen-bond acceptors (Lipinski definition) is 7. The zero-order valence-electron chi connectivity index (χ0n) is 15.1. The number of nitrogens with zero attached hydrogens (tertiary/aromatic N) is 5. The smallest absolute Gasteiger partial charge is 0.276 e. The van der Waals surface area contributed by atoms with Gasteiger partial charge in [0.25, 0.3) is 11.8 Å². The van der Waals surface area contributed by atoms with E-state index in [2.05, 4.69) is 15.1 Å². The molecule has 8 nitrogen and oxygen atoms in total. The fourth-order valence-corrected chi connectivity index (χ4v) is 3.20. The molecule has 0 N–H and O–H groups in total. The molecule has 26 heavy (non-hydrogen) atoms. The Morgan fingerprint density at radius 2 is 2.08 bits per heavy atom. The van der Waals surface area contributed by atoms with E-state index in [1.165, 1.54) is 0 Å². The highest BCUT2D eigenvalue weighted by molar-refractivity contribution is 5.92. The zero-order valence-corrected chi connectivity index (χ0v) is 15.1. The monoisotopic (exact) mass is 357 g/mol. The summed E-state index contributed by atoms with van der Waals surface area (Å²) in [4.78, 5) is 25.0. The van der Waals surface area contributed by atoms with Crippen molar-refractivity contribution in [3.63, 3.8) is 0 Å². The number of carbonyl (C=O) groups is 1. The number of ether oxygens (including phenoxy) is 1. The molecule has 3 heterocycles. The molecule has 0 bridgehead atoms. The van der Waals surface area contributed by atoms with Crippen molar-refractivity contribution in [2.75, 3.05) is 32.1 Å². The maximum absolute atomic E-state index is 12.7. The summed E-state index contributed by atoms with van der Waals surface area (Å²) in [7, 11) is 3.80. The summed E-state index contributed by atoms with van der Waals surface area (Å²) in [6.07, 6.45) is 7.13. The Labute approximate surface area is 152 Å². The third-order valence-corrected chi connectivity index (χ3v) is 4.74. The van der Waals surface area contributed by atoms with Crippen molar-refractivity contribution < 1.29 is 14.1 Å². The number of amides is 1. The normalized spacial score (nSPS) is 20.1. The molecule has 1 aliphatic carbocycles. The molecule has 8 heteroatoms. The summed E-state index contributed by atoms with van der Waals surface area (Å²) in [6.45, 7) is 1.21. The minimum atomic E-state index is -0.113. The van der Waals surface area contributed by atoms with Crippen LogP contribution in [-0.2, 0) is 0 Å². The van der Waals surface area contributed by atoms with Crippen molar-refractivity contribution in [2.24, 2.45) is 0 Å². The molecule has 138 valence electrons. The Kier molecular flexibility index (Phi) is 4.48. The summed E-state index contributed by atoms with van der Waals surface area (Å²) in [5.41, 5.74) is 0.390. The molecule has 0 aromatic carbocycles. The second-order valence-electron chi connectivity index (χ2n) is 7.10. The predicted molar refractivity (Wildman–Crippen MR) is 94.4 cm³/mol. The molecule has 2 fully saturated rings. The van der Waals surface area contributed by atoms with Crippen molar-refractivity contribution >= 4 is 11.7 Å². The van der Waals surface area contributed by atoms with E-state index in [1.807, 2.05) is 19.0 Å². The molecular formula is C18H23N5O3. The lowest BCUT2D eigenvalue weighted by Gasteiger charge is -2.32. The van der Waals surface area contributed by atoms with Crippen LogP contribution in [0.25, 0.3) is 0 Å². The SMILES string of the molecule is CN(C)c1nccnc1O[C@H]1CCCN(C(=O)c2cc(C3CC3)on2)C1. The van der Waals surface area contributed by atoms with Crippen LogP contribution in [-0.4, -0.2) is 59.2 Å². The van der Waals surface area contributed by atoms with Crippen molar-refractivity contribution in [1.29, 1.82) is 0 Å². The van der Waals surface area contributed by atoms with Crippen LogP contribution in [0.3, 0.4) is 0 Å². The van der Waals surface area contributed by atoms with Gasteiger partial charge in [-0.3, -0.25) is 4.79 Å². The fraction of sp³-hybridized carbons (Fsp3) is 0.556. The van der Waals surface area contributed by atoms with E-state index in [-0.39, 0.29) is 12.0 Å². The Bertz CT molecular complexity index is 787. The highest BCUT2D eigenvalue weighted by atomic mass is 16.5. The first-order valence-corrected chi connectivity index (χ1v) is 9.02. The largest absolute Gasteiger partial charge is 0.470 e. The second kappa shape index (κ2) is 6.93. The molecule has 4 rings (SSSR count). The number of carbonyl (C=O) groups excluding carboxylic acids is 1. The van der Waals surface area contributed by atoms with Gasteiger partial charge in [-0.1, -0.05) is 5.16 Å². The fourth-order valence-electron chi connectivity index (χ4n) is 3.20. The molecule has 0 unspecified atom stereocenters. The van der Waals surface area contributed by atoms with Crippen LogP contribution >= 0.6 is 0 Å². The van der Waals surface area contributed by atoms with E-state index >= 15 is 0 Å². The maximum atomic E-state index is 12.7. The minimum absolute atomic E-state index is 0.0964. The van der Waals surface area contributed by atoms with Crippen LogP contribution in [0.2, 0.25) is 0 Å². The molecule has 2 aromatic heterocycles. The third-order valence-electron chi connectivity index (χ3n) is 4.74. The van der Waals surface area contributed by atoms with Crippen LogP contribution in [0.1, 0.15) is 47.8 Å². The first-order valence-electron chi connectivity index (χ1n) is 9.02. The average molecular weight is 357 g/mol. The summed E-state index contributed by atoms with van der Waals surface area (Å²) in [6, 6.07) is 1.79. The Hall–Kier alpha value is -2.64. The standard InChI is InChI=1S/C18H23N5O3/c1-22(2)16-17(20-8-7-19-16)25-13-4-3-9-23(11-13)18(24)14-10-15(26-21-14)12-5-6-12/h7-8,10,12-13H,3-6,9,11H2,1-2H3/t13-/m0/s1. The molecule has 1 aliphatic heterocycles. The van der Waals surface area contributed by atoms with Gasteiger partial charge in [0, 0.05) is 45.0 Å². The summed E-state index contributed by atoms with van der Waals surface area (Å²) < 4.78 is 11.4. The third kappa shape index (κ3) is 3.49. The Balaban J connectivity index is 1.43. The van der Waals surface area contributed by atoms with Crippen molar-refractivity contribution in [2.45, 2.75) is 37.7 Å². The molecule has 1 amide bonds. The van der Waals surface area contributed by atoms with Gasteiger partial charge in [-0.25, -0.2) is 9.97 Å². The number of aromatic nitrogens is 3. The number of hydrogen-bond donors (Lipinski definition) is 0. The van der Waals surface area contributed by atoms with Crippen molar-refractivity contribution in [1.82, 2.24) is 20.0 Å². The Morgan fingerprint density at radius 1 is 1.27 bits per heavy atom. The van der Waals surface area contributed by atoms with Gasteiger partial charge in [-0.2, -0.15) is 0 Å². The number of anilines is 1. The van der Waals surface area contributed by atoms with E-state index in [9.17, 15) is 4.79 Å². The number of piperidine rings is 1. The molecule has 1 saturated carbocycles. The molecule has 0 radical (unpaired) electrons. The first-order chi connectivity index (χ1) is 12.6. The number of likely N-dealkylation sites (tertiary alicyclic amines) is 1. The van der Waals surface area contributed by atoms with Gasteiger partial charge >= 0.3 is 0 Å².